The zero-order valence-corrected chi connectivity index (χ0v) is 22.4. The van der Waals surface area contributed by atoms with E-state index < -0.39 is 16.8 Å². The average molecular weight is 521 g/mol. The third-order valence-electron chi connectivity index (χ3n) is 7.03. The van der Waals surface area contributed by atoms with Gasteiger partial charge in [-0.3, -0.25) is 14.9 Å². The molecule has 1 N–H and O–H groups in total. The molecule has 0 bridgehead atoms. The van der Waals surface area contributed by atoms with Crippen molar-refractivity contribution in [3.05, 3.63) is 85.7 Å². The van der Waals surface area contributed by atoms with Crippen LogP contribution in [0, 0.1) is 17.0 Å². The maximum absolute atomic E-state index is 13.8. The lowest BCUT2D eigenvalue weighted by atomic mass is 9.71. The van der Waals surface area contributed by atoms with Gasteiger partial charge in [-0.05, 0) is 63.3 Å². The summed E-state index contributed by atoms with van der Waals surface area (Å²) < 4.78 is 16.3. The predicted octanol–water partition coefficient (Wildman–Crippen LogP) is 5.23. The topological polar surface area (TPSA) is 117 Å². The molecule has 0 saturated carbocycles. The van der Waals surface area contributed by atoms with Crippen LogP contribution in [0.3, 0.4) is 0 Å². The lowest BCUT2D eigenvalue weighted by molar-refractivity contribution is -0.385. The molecule has 0 radical (unpaired) electrons. The molecule has 9 heteroatoms. The zero-order valence-electron chi connectivity index (χ0n) is 22.4. The second-order valence-electron chi connectivity index (χ2n) is 9.89. The number of nitro groups is 1. The fraction of sp³-hybridized carbons (Fsp3) is 0.379. The molecule has 1 aliphatic heterocycles. The fourth-order valence-corrected chi connectivity index (χ4v) is 5.27. The van der Waals surface area contributed by atoms with E-state index in [-0.39, 0.29) is 35.5 Å². The van der Waals surface area contributed by atoms with Gasteiger partial charge in [-0.2, -0.15) is 0 Å². The lowest BCUT2D eigenvalue weighted by Gasteiger charge is -2.37. The van der Waals surface area contributed by atoms with E-state index in [9.17, 15) is 19.7 Å². The van der Waals surface area contributed by atoms with E-state index in [0.29, 0.717) is 46.0 Å². The Morgan fingerprint density at radius 1 is 1.03 bits per heavy atom. The number of hydrogen-bond acceptors (Lipinski definition) is 8. The number of hydrogen-bond donors (Lipinski definition) is 1. The van der Waals surface area contributed by atoms with Crippen LogP contribution in [-0.4, -0.2) is 37.0 Å². The van der Waals surface area contributed by atoms with Crippen molar-refractivity contribution in [2.45, 2.75) is 58.5 Å². The Balaban J connectivity index is 1.82. The molecule has 1 aliphatic carbocycles. The van der Waals surface area contributed by atoms with E-state index in [1.54, 1.807) is 54.0 Å². The Hall–Kier alpha value is -4.14. The molecule has 2 aromatic rings. The summed E-state index contributed by atoms with van der Waals surface area (Å²) in [5, 5.41) is 15.0. The minimum absolute atomic E-state index is 0.0659. The third-order valence-corrected chi connectivity index (χ3v) is 7.03. The molecule has 0 saturated heterocycles. The number of aryl methyl sites for hydroxylation is 1. The molecule has 38 heavy (non-hydrogen) atoms. The molecule has 2 atom stereocenters. The van der Waals surface area contributed by atoms with Gasteiger partial charge in [0.15, 0.2) is 17.3 Å². The maximum Gasteiger partial charge on any atom is 0.337 e. The third kappa shape index (κ3) is 5.01. The summed E-state index contributed by atoms with van der Waals surface area (Å²) in [5.74, 6) is -0.418. The standard InChI is InChI=1S/C29H32N2O7/c1-15(2)38-29(33)26-17(4)30-21-11-20(18-9-10-24(36-5)25(14-18)37-6)13-23(32)28(21)27(26)19-8-7-16(3)22(12-19)31(34)35/h7-10,12,14-15,20,27,30H,11,13H2,1-6H3/t20-,27+/m1/s1. The highest BCUT2D eigenvalue weighted by Gasteiger charge is 2.42. The van der Waals surface area contributed by atoms with Gasteiger partial charge in [0, 0.05) is 40.9 Å². The first kappa shape index (κ1) is 26.9. The van der Waals surface area contributed by atoms with E-state index in [4.69, 9.17) is 14.2 Å². The van der Waals surface area contributed by atoms with Gasteiger partial charge in [0.05, 0.1) is 30.8 Å². The van der Waals surface area contributed by atoms with Crippen LogP contribution in [0.5, 0.6) is 11.5 Å². The average Bonchev–Trinajstić information content (AvgIpc) is 2.86. The highest BCUT2D eigenvalue weighted by Crippen LogP contribution is 2.47. The predicted molar refractivity (Wildman–Crippen MR) is 141 cm³/mol. The molecule has 0 unspecified atom stereocenters. The van der Waals surface area contributed by atoms with Crippen molar-refractivity contribution in [2.75, 3.05) is 14.2 Å². The summed E-state index contributed by atoms with van der Waals surface area (Å²) in [5.41, 5.74) is 3.86. The largest absolute Gasteiger partial charge is 0.493 e. The van der Waals surface area contributed by atoms with Gasteiger partial charge < -0.3 is 19.5 Å². The molecule has 0 amide bonds. The number of rotatable bonds is 7. The molecule has 1 heterocycles. The highest BCUT2D eigenvalue weighted by molar-refractivity contribution is 6.04. The number of carbonyl (C=O) groups is 2. The zero-order chi connectivity index (χ0) is 27.7. The number of esters is 1. The summed E-state index contributed by atoms with van der Waals surface area (Å²) in [7, 11) is 3.13. The molecule has 2 aromatic carbocycles. The summed E-state index contributed by atoms with van der Waals surface area (Å²) >= 11 is 0. The molecule has 0 aromatic heterocycles. The Kier molecular flexibility index (Phi) is 7.57. The number of dihydropyridines is 1. The number of methoxy groups -OCH3 is 2. The molecule has 0 spiro atoms. The minimum atomic E-state index is -0.782. The van der Waals surface area contributed by atoms with E-state index in [1.165, 1.54) is 6.07 Å². The van der Waals surface area contributed by atoms with Crippen LogP contribution in [0.1, 0.15) is 62.1 Å². The van der Waals surface area contributed by atoms with Crippen molar-refractivity contribution in [1.29, 1.82) is 0 Å². The van der Waals surface area contributed by atoms with Crippen molar-refractivity contribution in [3.8, 4) is 11.5 Å². The first-order valence-electron chi connectivity index (χ1n) is 12.5. The maximum atomic E-state index is 13.8. The van der Waals surface area contributed by atoms with Gasteiger partial charge in [0.25, 0.3) is 5.69 Å². The fourth-order valence-electron chi connectivity index (χ4n) is 5.27. The van der Waals surface area contributed by atoms with Crippen molar-refractivity contribution >= 4 is 17.4 Å². The van der Waals surface area contributed by atoms with Crippen molar-refractivity contribution < 1.29 is 28.7 Å². The van der Waals surface area contributed by atoms with Crippen molar-refractivity contribution in [1.82, 2.24) is 5.32 Å². The van der Waals surface area contributed by atoms with Crippen LogP contribution in [-0.2, 0) is 14.3 Å². The quantitative estimate of drug-likeness (QED) is 0.300. The van der Waals surface area contributed by atoms with Crippen LogP contribution >= 0.6 is 0 Å². The molecule has 9 nitrogen and oxygen atoms in total. The van der Waals surface area contributed by atoms with Gasteiger partial charge in [-0.1, -0.05) is 18.2 Å². The highest BCUT2D eigenvalue weighted by atomic mass is 16.6. The van der Waals surface area contributed by atoms with Gasteiger partial charge in [0.2, 0.25) is 0 Å². The number of ether oxygens (including phenoxy) is 3. The summed E-state index contributed by atoms with van der Waals surface area (Å²) in [6, 6.07) is 10.5. The number of carbonyl (C=O) groups excluding carboxylic acids is 2. The summed E-state index contributed by atoms with van der Waals surface area (Å²) in [6.07, 6.45) is 0.360. The van der Waals surface area contributed by atoms with Gasteiger partial charge >= 0.3 is 5.97 Å². The van der Waals surface area contributed by atoms with E-state index in [1.807, 2.05) is 18.2 Å². The Bertz CT molecular complexity index is 1370. The smallest absolute Gasteiger partial charge is 0.337 e. The first-order valence-corrected chi connectivity index (χ1v) is 12.5. The van der Waals surface area contributed by atoms with E-state index in [0.717, 1.165) is 5.56 Å². The number of nitrogens with one attached hydrogen (secondary N) is 1. The van der Waals surface area contributed by atoms with Crippen molar-refractivity contribution in [3.63, 3.8) is 0 Å². The molecule has 200 valence electrons. The Labute approximate surface area is 221 Å². The number of nitro benzene ring substituents is 1. The molecule has 0 fully saturated rings. The Morgan fingerprint density at radius 3 is 2.34 bits per heavy atom. The number of Topliss-reactive ketones (excluding diaryl/α,β-unsaturated/α-hetero) is 1. The van der Waals surface area contributed by atoms with Gasteiger partial charge in [-0.15, -0.1) is 0 Å². The molecular weight excluding hydrogens is 488 g/mol. The van der Waals surface area contributed by atoms with E-state index in [2.05, 4.69) is 5.32 Å². The van der Waals surface area contributed by atoms with Crippen LogP contribution in [0.4, 0.5) is 5.69 Å². The van der Waals surface area contributed by atoms with Crippen LogP contribution in [0.25, 0.3) is 0 Å². The monoisotopic (exact) mass is 520 g/mol. The Morgan fingerprint density at radius 2 is 1.71 bits per heavy atom. The number of ketones is 1. The van der Waals surface area contributed by atoms with E-state index >= 15 is 0 Å². The number of nitrogens with zero attached hydrogens (tertiary/aromatic N) is 1. The summed E-state index contributed by atoms with van der Waals surface area (Å²) in [4.78, 5) is 38.3. The van der Waals surface area contributed by atoms with Crippen LogP contribution in [0.2, 0.25) is 0 Å². The number of benzene rings is 2. The normalized spacial score (nSPS) is 19.2. The summed E-state index contributed by atoms with van der Waals surface area (Å²) in [6.45, 7) is 6.92. The number of allylic oxidation sites excluding steroid dienone is 3. The van der Waals surface area contributed by atoms with Crippen LogP contribution in [0.15, 0.2) is 58.9 Å². The second-order valence-corrected chi connectivity index (χ2v) is 9.89. The lowest BCUT2D eigenvalue weighted by Crippen LogP contribution is -2.36. The molecular formula is C29H32N2O7. The van der Waals surface area contributed by atoms with Crippen molar-refractivity contribution in [2.24, 2.45) is 0 Å². The van der Waals surface area contributed by atoms with Gasteiger partial charge in [0.1, 0.15) is 0 Å². The molecule has 4 rings (SSSR count). The van der Waals surface area contributed by atoms with Crippen LogP contribution < -0.4 is 14.8 Å². The molecule has 2 aliphatic rings. The SMILES string of the molecule is COc1ccc([C@H]2CC(=O)C3=C(C2)NC(C)=C(C(=O)OC(C)C)[C@@H]3c2ccc(C)c([N+](=O)[O-])c2)cc1OC. The second kappa shape index (κ2) is 10.7. The van der Waals surface area contributed by atoms with Gasteiger partial charge in [-0.25, -0.2) is 4.79 Å². The first-order chi connectivity index (χ1) is 18.0. The minimum Gasteiger partial charge on any atom is -0.493 e.